The Morgan fingerprint density at radius 2 is 1.11 bits per heavy atom. The van der Waals surface area contributed by atoms with Crippen LogP contribution < -0.4 is 0 Å². The molecule has 0 bridgehead atoms. The fraction of sp³-hybridized carbons (Fsp3) is 0.429. The second-order valence-electron chi connectivity index (χ2n) is 5.11. The molecule has 0 aromatic carbocycles. The molecule has 2 rings (SSSR count). The van der Waals surface area contributed by atoms with E-state index in [1.807, 2.05) is 0 Å². The largest absolute Gasteiger partial charge is 0.0885 e. The van der Waals surface area contributed by atoms with E-state index in [-0.39, 0.29) is 26.2 Å². The molecular formula is C14H18Cl2SiZr. The van der Waals surface area contributed by atoms with E-state index in [9.17, 15) is 0 Å². The molecule has 2 aliphatic carbocycles. The van der Waals surface area contributed by atoms with Crippen molar-refractivity contribution in [3.05, 3.63) is 42.7 Å². The Hall–Kier alpha value is 0.640. The Morgan fingerprint density at radius 3 is 1.33 bits per heavy atom. The first-order valence-corrected chi connectivity index (χ1v) is 8.17. The van der Waals surface area contributed by atoms with Crippen LogP contribution in [0, 0.1) is 0 Å². The van der Waals surface area contributed by atoms with Gasteiger partial charge in [0.1, 0.15) is 0 Å². The average Bonchev–Trinajstić information content (AvgIpc) is 2.62. The second kappa shape index (κ2) is 6.39. The molecule has 0 radical (unpaired) electrons. The normalized spacial score (nSPS) is 20.3. The van der Waals surface area contributed by atoms with Gasteiger partial charge in [0.2, 0.25) is 0 Å². The summed E-state index contributed by atoms with van der Waals surface area (Å²) in [6, 6.07) is 0. The van der Waals surface area contributed by atoms with Crippen LogP contribution in [0.1, 0.15) is 40.5 Å². The van der Waals surface area contributed by atoms with Gasteiger partial charge in [-0.1, -0.05) is 44.7 Å². The molecule has 96 valence electrons. The van der Waals surface area contributed by atoms with Gasteiger partial charge < -0.3 is 0 Å². The van der Waals surface area contributed by atoms with Crippen molar-refractivity contribution in [2.75, 3.05) is 0 Å². The number of rotatable bonds is 2. The van der Waals surface area contributed by atoms with Gasteiger partial charge in [0.15, 0.2) is 0 Å². The maximum absolute atomic E-state index is 6.25. The predicted molar refractivity (Wildman–Crippen MR) is 80.3 cm³/mol. The molecule has 0 heterocycles. The summed E-state index contributed by atoms with van der Waals surface area (Å²) in [5, 5.41) is 5.17. The number of hydrogen-bond acceptors (Lipinski definition) is 0. The molecule has 0 aromatic rings. The SMILES string of the molecule is CC1=C([SiH2]C2=C(C)CC(Cl)=C2C)C(C)=C(Cl)C1.[Zr]. The van der Waals surface area contributed by atoms with Crippen molar-refractivity contribution in [1.29, 1.82) is 0 Å². The third-order valence-corrected chi connectivity index (χ3v) is 7.75. The standard InChI is InChI=1S/C14H18Cl2Si.Zr/c1-7-5-11(15)9(3)13(7)17-14-8(2)6-12(16)10(14)4;/h5-6,17H2,1-4H3;. The minimum absolute atomic E-state index is 0. The van der Waals surface area contributed by atoms with E-state index in [1.165, 1.54) is 22.3 Å². The second-order valence-corrected chi connectivity index (χ2v) is 7.79. The third kappa shape index (κ3) is 3.03. The van der Waals surface area contributed by atoms with E-state index < -0.39 is 9.52 Å². The Bertz CT molecular complexity index is 464. The molecule has 0 nitrogen and oxygen atoms in total. The van der Waals surface area contributed by atoms with Gasteiger partial charge in [-0.2, -0.15) is 0 Å². The van der Waals surface area contributed by atoms with Crippen LogP contribution in [-0.4, -0.2) is 9.52 Å². The summed E-state index contributed by atoms with van der Waals surface area (Å²) in [6.45, 7) is 8.75. The van der Waals surface area contributed by atoms with Gasteiger partial charge in [-0.15, -0.1) is 0 Å². The summed E-state index contributed by atoms with van der Waals surface area (Å²) in [7, 11) is -0.415. The summed E-state index contributed by atoms with van der Waals surface area (Å²) in [4.78, 5) is 0. The predicted octanol–water partition coefficient (Wildman–Crippen LogP) is 4.53. The van der Waals surface area contributed by atoms with Crippen LogP contribution in [0.3, 0.4) is 0 Å². The molecule has 18 heavy (non-hydrogen) atoms. The fourth-order valence-electron chi connectivity index (χ4n) is 2.66. The van der Waals surface area contributed by atoms with Crippen molar-refractivity contribution in [2.24, 2.45) is 0 Å². The Morgan fingerprint density at radius 1 is 0.778 bits per heavy atom. The first kappa shape index (κ1) is 16.7. The van der Waals surface area contributed by atoms with Gasteiger partial charge in [-0.3, -0.25) is 0 Å². The molecule has 0 aromatic heterocycles. The zero-order valence-electron chi connectivity index (χ0n) is 11.4. The molecule has 0 unspecified atom stereocenters. The number of allylic oxidation sites excluding steroid dienone is 8. The zero-order valence-corrected chi connectivity index (χ0v) is 16.8. The average molecular weight is 377 g/mol. The van der Waals surface area contributed by atoms with Crippen LogP contribution in [0.25, 0.3) is 0 Å². The van der Waals surface area contributed by atoms with Crippen LogP contribution in [0.5, 0.6) is 0 Å². The summed E-state index contributed by atoms with van der Waals surface area (Å²) >= 11 is 12.5. The number of hydrogen-bond donors (Lipinski definition) is 0. The molecule has 2 aliphatic rings. The monoisotopic (exact) mass is 374 g/mol. The first-order chi connectivity index (χ1) is 7.91. The van der Waals surface area contributed by atoms with Crippen molar-refractivity contribution in [3.8, 4) is 0 Å². The summed E-state index contributed by atoms with van der Waals surface area (Å²) in [5.74, 6) is 0. The molecule has 0 amide bonds. The van der Waals surface area contributed by atoms with Gasteiger partial charge in [0, 0.05) is 49.1 Å². The molecule has 0 spiro atoms. The molecule has 0 saturated heterocycles. The minimum atomic E-state index is -0.415. The van der Waals surface area contributed by atoms with Gasteiger partial charge in [0.25, 0.3) is 0 Å². The van der Waals surface area contributed by atoms with E-state index in [2.05, 4.69) is 27.7 Å². The van der Waals surface area contributed by atoms with Crippen LogP contribution in [0.4, 0.5) is 0 Å². The first-order valence-electron chi connectivity index (χ1n) is 6.00. The summed E-state index contributed by atoms with van der Waals surface area (Å²) in [5.41, 5.74) is 5.59. The van der Waals surface area contributed by atoms with Gasteiger partial charge in [0.05, 0.1) is 9.52 Å². The smallest absolute Gasteiger partial charge is 0.0882 e. The molecule has 0 aliphatic heterocycles. The van der Waals surface area contributed by atoms with Crippen molar-refractivity contribution in [1.82, 2.24) is 0 Å². The third-order valence-electron chi connectivity index (χ3n) is 3.94. The topological polar surface area (TPSA) is 0 Å². The molecule has 0 saturated carbocycles. The van der Waals surface area contributed by atoms with Crippen LogP contribution in [-0.2, 0) is 26.2 Å². The zero-order chi connectivity index (χ0) is 12.7. The summed E-state index contributed by atoms with van der Waals surface area (Å²) < 4.78 is 0. The number of halogens is 2. The van der Waals surface area contributed by atoms with Gasteiger partial charge in [-0.05, 0) is 38.8 Å². The Balaban J connectivity index is 0.00000162. The van der Waals surface area contributed by atoms with E-state index in [0.29, 0.717) is 0 Å². The molecule has 0 fully saturated rings. The van der Waals surface area contributed by atoms with Crippen molar-refractivity contribution >= 4 is 32.7 Å². The molecular weight excluding hydrogens is 358 g/mol. The fourth-order valence-corrected chi connectivity index (χ4v) is 5.67. The molecule has 0 N–H and O–H groups in total. The van der Waals surface area contributed by atoms with Crippen LogP contribution >= 0.6 is 23.2 Å². The minimum Gasteiger partial charge on any atom is -0.0885 e. The summed E-state index contributed by atoms with van der Waals surface area (Å²) in [6.07, 6.45) is 1.91. The Kier molecular flexibility index (Phi) is 5.93. The molecule has 4 heteroatoms. The quantitative estimate of drug-likeness (QED) is 0.621. The van der Waals surface area contributed by atoms with E-state index in [1.54, 1.807) is 10.4 Å². The van der Waals surface area contributed by atoms with Crippen LogP contribution in [0.2, 0.25) is 0 Å². The Labute approximate surface area is 141 Å². The van der Waals surface area contributed by atoms with E-state index >= 15 is 0 Å². The van der Waals surface area contributed by atoms with E-state index in [0.717, 1.165) is 22.9 Å². The van der Waals surface area contributed by atoms with Gasteiger partial charge in [-0.25, -0.2) is 0 Å². The maximum Gasteiger partial charge on any atom is 0.0882 e. The van der Waals surface area contributed by atoms with Gasteiger partial charge >= 0.3 is 0 Å². The van der Waals surface area contributed by atoms with Crippen molar-refractivity contribution in [3.63, 3.8) is 0 Å². The molecule has 0 atom stereocenters. The van der Waals surface area contributed by atoms with Crippen molar-refractivity contribution < 1.29 is 26.2 Å². The maximum atomic E-state index is 6.25. The van der Waals surface area contributed by atoms with E-state index in [4.69, 9.17) is 23.2 Å². The van der Waals surface area contributed by atoms with Crippen molar-refractivity contribution in [2.45, 2.75) is 40.5 Å². The van der Waals surface area contributed by atoms with Crippen LogP contribution in [0.15, 0.2) is 42.7 Å².